The van der Waals surface area contributed by atoms with Gasteiger partial charge in [-0.05, 0) is 19.1 Å². The zero-order valence-corrected chi connectivity index (χ0v) is 10.00. The topological polar surface area (TPSA) is 102 Å². The number of tetrazole rings is 1. The van der Waals surface area contributed by atoms with Crippen LogP contribution >= 0.6 is 0 Å². The highest BCUT2D eigenvalue weighted by atomic mass is 16.2. The van der Waals surface area contributed by atoms with Gasteiger partial charge in [0.15, 0.2) is 0 Å². The second kappa shape index (κ2) is 4.66. The van der Waals surface area contributed by atoms with E-state index in [4.69, 9.17) is 5.73 Å². The van der Waals surface area contributed by atoms with E-state index in [9.17, 15) is 4.79 Å². The number of nitrogens with zero attached hydrogens (tertiary/aromatic N) is 5. The van der Waals surface area contributed by atoms with Gasteiger partial charge in [0, 0.05) is 25.2 Å². The first kappa shape index (κ1) is 11.8. The molecule has 17 heavy (non-hydrogen) atoms. The number of anilines is 1. The number of hydrogen-bond donors (Lipinski definition) is 2. The highest BCUT2D eigenvalue weighted by Crippen LogP contribution is 2.05. The minimum Gasteiger partial charge on any atom is -0.365 e. The molecule has 0 aromatic carbocycles. The summed E-state index contributed by atoms with van der Waals surface area (Å²) < 4.78 is 0. The minimum atomic E-state index is -0.0115. The fourth-order valence-corrected chi connectivity index (χ4v) is 2.07. The van der Waals surface area contributed by atoms with E-state index in [1.807, 2.05) is 4.90 Å². The maximum absolute atomic E-state index is 12.0. The molecule has 1 aromatic heterocycles. The molecular formula is C9H17N7O. The van der Waals surface area contributed by atoms with Crippen LogP contribution in [0.15, 0.2) is 0 Å². The SMILES string of the molecule is CC1CN(C(=O)Cn2nnc(N)n2)CC(C)N1. The second-order valence-electron chi connectivity index (χ2n) is 4.45. The molecule has 0 saturated carbocycles. The van der Waals surface area contributed by atoms with Gasteiger partial charge in [-0.1, -0.05) is 5.10 Å². The van der Waals surface area contributed by atoms with Crippen LogP contribution in [-0.4, -0.2) is 56.2 Å². The van der Waals surface area contributed by atoms with E-state index in [-0.39, 0.29) is 18.4 Å². The highest BCUT2D eigenvalue weighted by Gasteiger charge is 2.25. The molecule has 1 aromatic rings. The standard InChI is InChI=1S/C9H17N7O/c1-6-3-15(4-7(2)11-6)8(17)5-16-13-9(10)12-14-16/h6-7,11H,3-5H2,1-2H3,(H2,10,13). The molecule has 2 atom stereocenters. The quantitative estimate of drug-likeness (QED) is 0.649. The van der Waals surface area contributed by atoms with Crippen molar-refractivity contribution in [3.05, 3.63) is 0 Å². The van der Waals surface area contributed by atoms with Crippen LogP contribution in [0.1, 0.15) is 13.8 Å². The average Bonchev–Trinajstić information content (AvgIpc) is 2.62. The van der Waals surface area contributed by atoms with Crippen molar-refractivity contribution in [1.82, 2.24) is 30.4 Å². The molecule has 2 rings (SSSR count). The largest absolute Gasteiger partial charge is 0.365 e. The molecule has 1 fully saturated rings. The van der Waals surface area contributed by atoms with Crippen molar-refractivity contribution in [2.45, 2.75) is 32.5 Å². The molecule has 2 heterocycles. The lowest BCUT2D eigenvalue weighted by molar-refractivity contribution is -0.134. The Bertz CT molecular complexity index is 394. The van der Waals surface area contributed by atoms with Crippen LogP contribution in [0.4, 0.5) is 5.95 Å². The van der Waals surface area contributed by atoms with Crippen LogP contribution in [0.5, 0.6) is 0 Å². The summed E-state index contributed by atoms with van der Waals surface area (Å²) in [4.78, 5) is 15.0. The van der Waals surface area contributed by atoms with Crippen molar-refractivity contribution in [2.24, 2.45) is 0 Å². The highest BCUT2D eigenvalue weighted by molar-refractivity contribution is 5.76. The Balaban J connectivity index is 1.95. The van der Waals surface area contributed by atoms with Gasteiger partial charge in [0.05, 0.1) is 0 Å². The number of piperazine rings is 1. The normalized spacial score (nSPS) is 24.9. The summed E-state index contributed by atoms with van der Waals surface area (Å²) in [7, 11) is 0. The number of amides is 1. The zero-order chi connectivity index (χ0) is 12.4. The molecule has 0 bridgehead atoms. The number of hydrogen-bond acceptors (Lipinski definition) is 6. The summed E-state index contributed by atoms with van der Waals surface area (Å²) in [5.41, 5.74) is 5.34. The van der Waals surface area contributed by atoms with E-state index >= 15 is 0 Å². The van der Waals surface area contributed by atoms with Gasteiger partial charge in [-0.15, -0.1) is 5.10 Å². The number of carbonyl (C=O) groups excluding carboxylic acids is 1. The molecule has 1 amide bonds. The Hall–Kier alpha value is -1.70. The Kier molecular flexibility index (Phi) is 3.23. The first-order chi connectivity index (χ1) is 8.04. The smallest absolute Gasteiger partial charge is 0.260 e. The van der Waals surface area contributed by atoms with E-state index in [0.717, 1.165) is 0 Å². The Morgan fingerprint density at radius 2 is 2.12 bits per heavy atom. The first-order valence-corrected chi connectivity index (χ1v) is 5.61. The minimum absolute atomic E-state index is 0.0115. The average molecular weight is 239 g/mol. The molecule has 0 aliphatic carbocycles. The number of nitrogen functional groups attached to an aromatic ring is 1. The monoisotopic (exact) mass is 239 g/mol. The van der Waals surface area contributed by atoms with E-state index in [0.29, 0.717) is 25.2 Å². The van der Waals surface area contributed by atoms with Crippen molar-refractivity contribution in [3.63, 3.8) is 0 Å². The third-order valence-corrected chi connectivity index (χ3v) is 2.66. The van der Waals surface area contributed by atoms with Crippen LogP contribution in [0, 0.1) is 0 Å². The number of nitrogens with one attached hydrogen (secondary N) is 1. The van der Waals surface area contributed by atoms with Crippen molar-refractivity contribution < 1.29 is 4.79 Å². The summed E-state index contributed by atoms with van der Waals surface area (Å²) in [6, 6.07) is 0.605. The van der Waals surface area contributed by atoms with Crippen LogP contribution in [0.3, 0.4) is 0 Å². The number of rotatable bonds is 2. The van der Waals surface area contributed by atoms with Crippen LogP contribution in [-0.2, 0) is 11.3 Å². The van der Waals surface area contributed by atoms with E-state index in [1.165, 1.54) is 4.80 Å². The van der Waals surface area contributed by atoms with E-state index in [1.54, 1.807) is 0 Å². The third kappa shape index (κ3) is 2.90. The molecule has 8 heteroatoms. The predicted octanol–water partition coefficient (Wildman–Crippen LogP) is -1.54. The van der Waals surface area contributed by atoms with Crippen molar-refractivity contribution in [2.75, 3.05) is 18.8 Å². The first-order valence-electron chi connectivity index (χ1n) is 5.61. The van der Waals surface area contributed by atoms with Crippen molar-refractivity contribution in [1.29, 1.82) is 0 Å². The summed E-state index contributed by atoms with van der Waals surface area (Å²) in [5.74, 6) is 0.0717. The molecule has 94 valence electrons. The number of aromatic nitrogens is 4. The predicted molar refractivity (Wildman–Crippen MR) is 60.9 cm³/mol. The summed E-state index contributed by atoms with van der Waals surface area (Å²) >= 11 is 0. The zero-order valence-electron chi connectivity index (χ0n) is 10.00. The number of nitrogens with two attached hydrogens (primary N) is 1. The maximum atomic E-state index is 12.0. The van der Waals surface area contributed by atoms with Crippen molar-refractivity contribution >= 4 is 11.9 Å². The molecule has 1 aliphatic heterocycles. The fourth-order valence-electron chi connectivity index (χ4n) is 2.07. The van der Waals surface area contributed by atoms with Crippen LogP contribution < -0.4 is 11.1 Å². The van der Waals surface area contributed by atoms with Gasteiger partial charge in [0.25, 0.3) is 5.95 Å². The maximum Gasteiger partial charge on any atom is 0.260 e. The van der Waals surface area contributed by atoms with E-state index < -0.39 is 0 Å². The summed E-state index contributed by atoms with van der Waals surface area (Å²) in [6.07, 6.45) is 0. The van der Waals surface area contributed by atoms with Gasteiger partial charge in [-0.3, -0.25) is 4.79 Å². The lowest BCUT2D eigenvalue weighted by Crippen LogP contribution is -2.56. The summed E-state index contributed by atoms with van der Waals surface area (Å²) in [5, 5.41) is 14.4. The Morgan fingerprint density at radius 3 is 2.65 bits per heavy atom. The van der Waals surface area contributed by atoms with Crippen LogP contribution in [0.25, 0.3) is 0 Å². The molecule has 0 spiro atoms. The van der Waals surface area contributed by atoms with Gasteiger partial charge in [-0.2, -0.15) is 4.80 Å². The molecule has 1 aliphatic rings. The third-order valence-electron chi connectivity index (χ3n) is 2.66. The molecule has 8 nitrogen and oxygen atoms in total. The Labute approximate surface area is 99.1 Å². The lowest BCUT2D eigenvalue weighted by atomic mass is 10.1. The molecule has 2 unspecified atom stereocenters. The van der Waals surface area contributed by atoms with Gasteiger partial charge < -0.3 is 16.0 Å². The lowest BCUT2D eigenvalue weighted by Gasteiger charge is -2.36. The summed E-state index contributed by atoms with van der Waals surface area (Å²) in [6.45, 7) is 5.60. The van der Waals surface area contributed by atoms with Crippen LogP contribution in [0.2, 0.25) is 0 Å². The Morgan fingerprint density at radius 1 is 1.47 bits per heavy atom. The fraction of sp³-hybridized carbons (Fsp3) is 0.778. The van der Waals surface area contributed by atoms with Gasteiger partial charge >= 0.3 is 0 Å². The number of carbonyl (C=O) groups is 1. The van der Waals surface area contributed by atoms with Gasteiger partial charge in [0.2, 0.25) is 5.91 Å². The second-order valence-corrected chi connectivity index (χ2v) is 4.45. The van der Waals surface area contributed by atoms with Gasteiger partial charge in [0.1, 0.15) is 6.54 Å². The molecule has 3 N–H and O–H groups in total. The van der Waals surface area contributed by atoms with E-state index in [2.05, 4.69) is 34.6 Å². The molecule has 1 saturated heterocycles. The van der Waals surface area contributed by atoms with Crippen molar-refractivity contribution in [3.8, 4) is 0 Å². The molecule has 0 radical (unpaired) electrons. The molecular weight excluding hydrogens is 222 g/mol. The van der Waals surface area contributed by atoms with Gasteiger partial charge in [-0.25, -0.2) is 0 Å².